The summed E-state index contributed by atoms with van der Waals surface area (Å²) in [7, 11) is 1.91. The Balaban J connectivity index is 3.04. The summed E-state index contributed by atoms with van der Waals surface area (Å²) in [5.41, 5.74) is 1.13. The highest BCUT2D eigenvalue weighted by atomic mass is 127. The first-order valence-corrected chi connectivity index (χ1v) is 4.74. The molecule has 0 bridgehead atoms. The normalized spacial score (nSPS) is 9.50. The third kappa shape index (κ3) is 1.85. The van der Waals surface area contributed by atoms with Gasteiger partial charge in [0.05, 0.1) is 0 Å². The minimum absolute atomic E-state index is 1.13. The fourth-order valence-corrected chi connectivity index (χ4v) is 1.37. The van der Waals surface area contributed by atoms with Crippen LogP contribution in [-0.4, -0.2) is 7.05 Å². The quantitative estimate of drug-likeness (QED) is 0.786. The monoisotopic (exact) mass is 311 g/mol. The summed E-state index contributed by atoms with van der Waals surface area (Å²) < 4.78 is 2.37. The van der Waals surface area contributed by atoms with Gasteiger partial charge in [0.25, 0.3) is 0 Å². The van der Waals surface area contributed by atoms with Gasteiger partial charge in [-0.05, 0) is 56.7 Å². The molecule has 10 heavy (non-hydrogen) atoms. The Bertz CT molecular complexity index is 237. The third-order valence-electron chi connectivity index (χ3n) is 1.21. The van der Waals surface area contributed by atoms with Crippen LogP contribution in [0.3, 0.4) is 0 Å². The summed E-state index contributed by atoms with van der Waals surface area (Å²) >= 11 is 5.72. The molecule has 1 nitrogen and oxygen atoms in total. The van der Waals surface area contributed by atoms with Gasteiger partial charge >= 0.3 is 0 Å². The van der Waals surface area contributed by atoms with Crippen molar-refractivity contribution < 1.29 is 0 Å². The first-order chi connectivity index (χ1) is 4.74. The number of anilines is 1. The van der Waals surface area contributed by atoms with E-state index in [1.54, 1.807) is 0 Å². The maximum atomic E-state index is 3.44. The summed E-state index contributed by atoms with van der Waals surface area (Å²) in [6.45, 7) is 0. The van der Waals surface area contributed by atoms with Gasteiger partial charge in [-0.1, -0.05) is 0 Å². The Kier molecular flexibility index (Phi) is 2.97. The first kappa shape index (κ1) is 8.33. The van der Waals surface area contributed by atoms with Crippen LogP contribution in [-0.2, 0) is 0 Å². The zero-order chi connectivity index (χ0) is 7.56. The summed E-state index contributed by atoms with van der Waals surface area (Å²) in [5, 5.41) is 3.06. The van der Waals surface area contributed by atoms with Gasteiger partial charge in [0.15, 0.2) is 0 Å². The molecule has 0 fully saturated rings. The Morgan fingerprint density at radius 1 is 1.50 bits per heavy atom. The van der Waals surface area contributed by atoms with Crippen LogP contribution >= 0.6 is 38.5 Å². The lowest BCUT2D eigenvalue weighted by molar-refractivity contribution is 1.48. The fraction of sp³-hybridized carbons (Fsp3) is 0.143. The average molecular weight is 312 g/mol. The largest absolute Gasteiger partial charge is 0.388 e. The Morgan fingerprint density at radius 3 is 2.70 bits per heavy atom. The molecule has 1 N–H and O–H groups in total. The molecule has 0 saturated heterocycles. The van der Waals surface area contributed by atoms with E-state index in [0.29, 0.717) is 0 Å². The fourth-order valence-electron chi connectivity index (χ4n) is 0.652. The van der Waals surface area contributed by atoms with E-state index >= 15 is 0 Å². The SMILES string of the molecule is CNc1ccc(I)c(Br)c1. The van der Waals surface area contributed by atoms with E-state index in [1.807, 2.05) is 13.1 Å². The van der Waals surface area contributed by atoms with Crippen molar-refractivity contribution in [3.05, 3.63) is 26.2 Å². The van der Waals surface area contributed by atoms with Crippen LogP contribution in [0.25, 0.3) is 0 Å². The van der Waals surface area contributed by atoms with E-state index in [1.165, 1.54) is 3.57 Å². The van der Waals surface area contributed by atoms with Crippen LogP contribution in [0.15, 0.2) is 22.7 Å². The number of rotatable bonds is 1. The molecule has 0 saturated carbocycles. The zero-order valence-electron chi connectivity index (χ0n) is 5.49. The van der Waals surface area contributed by atoms with Gasteiger partial charge in [-0.15, -0.1) is 0 Å². The van der Waals surface area contributed by atoms with Crippen molar-refractivity contribution in [3.63, 3.8) is 0 Å². The van der Waals surface area contributed by atoms with E-state index in [9.17, 15) is 0 Å². The highest BCUT2D eigenvalue weighted by Crippen LogP contribution is 2.22. The lowest BCUT2D eigenvalue weighted by Gasteiger charge is -2.00. The average Bonchev–Trinajstić information content (AvgIpc) is 1.95. The van der Waals surface area contributed by atoms with Crippen molar-refractivity contribution in [1.29, 1.82) is 0 Å². The molecule has 0 unspecified atom stereocenters. The van der Waals surface area contributed by atoms with Crippen LogP contribution < -0.4 is 5.32 Å². The van der Waals surface area contributed by atoms with Gasteiger partial charge in [-0.25, -0.2) is 0 Å². The second-order valence-corrected chi connectivity index (χ2v) is 3.90. The molecular weight excluding hydrogens is 305 g/mol. The second-order valence-electron chi connectivity index (χ2n) is 1.88. The Labute approximate surface area is 82.5 Å². The van der Waals surface area contributed by atoms with Gasteiger partial charge in [0.1, 0.15) is 0 Å². The predicted octanol–water partition coefficient (Wildman–Crippen LogP) is 3.10. The smallest absolute Gasteiger partial charge is 0.0349 e. The molecule has 0 aromatic heterocycles. The molecule has 0 amide bonds. The first-order valence-electron chi connectivity index (χ1n) is 2.87. The van der Waals surface area contributed by atoms with Crippen molar-refractivity contribution in [2.24, 2.45) is 0 Å². The summed E-state index contributed by atoms with van der Waals surface area (Å²) in [6.07, 6.45) is 0. The van der Waals surface area contributed by atoms with Crippen LogP contribution in [0.1, 0.15) is 0 Å². The van der Waals surface area contributed by atoms with Gasteiger partial charge in [0.2, 0.25) is 0 Å². The summed E-state index contributed by atoms with van der Waals surface area (Å²) in [4.78, 5) is 0. The summed E-state index contributed by atoms with van der Waals surface area (Å²) in [5.74, 6) is 0. The summed E-state index contributed by atoms with van der Waals surface area (Å²) in [6, 6.07) is 6.17. The standard InChI is InChI=1S/C7H7BrIN/c1-10-5-2-3-7(9)6(8)4-5/h2-4,10H,1H3. The maximum absolute atomic E-state index is 3.44. The van der Waals surface area contributed by atoms with Crippen molar-refractivity contribution in [2.45, 2.75) is 0 Å². The molecular formula is C7H7BrIN. The zero-order valence-corrected chi connectivity index (χ0v) is 9.23. The van der Waals surface area contributed by atoms with E-state index in [-0.39, 0.29) is 0 Å². The van der Waals surface area contributed by atoms with Crippen molar-refractivity contribution in [3.8, 4) is 0 Å². The molecule has 3 heteroatoms. The second kappa shape index (κ2) is 3.57. The highest BCUT2D eigenvalue weighted by Gasteiger charge is 1.94. The van der Waals surface area contributed by atoms with Gasteiger partial charge in [0, 0.05) is 20.8 Å². The van der Waals surface area contributed by atoms with E-state index < -0.39 is 0 Å². The molecule has 0 spiro atoms. The van der Waals surface area contributed by atoms with Crippen LogP contribution in [0, 0.1) is 3.57 Å². The van der Waals surface area contributed by atoms with E-state index in [4.69, 9.17) is 0 Å². The molecule has 1 aromatic carbocycles. The van der Waals surface area contributed by atoms with Gasteiger partial charge in [-0.3, -0.25) is 0 Å². The Hall–Kier alpha value is 0.230. The minimum atomic E-state index is 1.13. The molecule has 0 aliphatic carbocycles. The van der Waals surface area contributed by atoms with Gasteiger partial charge < -0.3 is 5.32 Å². The molecule has 0 aliphatic rings. The molecule has 1 rings (SSSR count). The maximum Gasteiger partial charge on any atom is 0.0349 e. The topological polar surface area (TPSA) is 12.0 Å². The number of hydrogen-bond acceptors (Lipinski definition) is 1. The highest BCUT2D eigenvalue weighted by molar-refractivity contribution is 14.1. The predicted molar refractivity (Wildman–Crippen MR) is 56.4 cm³/mol. The molecule has 54 valence electrons. The van der Waals surface area contributed by atoms with Gasteiger partial charge in [-0.2, -0.15) is 0 Å². The lowest BCUT2D eigenvalue weighted by Crippen LogP contribution is -1.87. The van der Waals surface area contributed by atoms with Crippen molar-refractivity contribution in [1.82, 2.24) is 0 Å². The number of benzene rings is 1. The molecule has 0 heterocycles. The molecule has 0 aliphatic heterocycles. The van der Waals surface area contributed by atoms with E-state index in [0.717, 1.165) is 10.2 Å². The van der Waals surface area contributed by atoms with Crippen molar-refractivity contribution >= 4 is 44.2 Å². The molecule has 0 atom stereocenters. The molecule has 0 radical (unpaired) electrons. The number of halogens is 2. The van der Waals surface area contributed by atoms with Crippen LogP contribution in [0.2, 0.25) is 0 Å². The third-order valence-corrected chi connectivity index (χ3v) is 3.55. The minimum Gasteiger partial charge on any atom is -0.388 e. The van der Waals surface area contributed by atoms with Crippen LogP contribution in [0.4, 0.5) is 5.69 Å². The van der Waals surface area contributed by atoms with E-state index in [2.05, 4.69) is 56.0 Å². The number of hydrogen-bond donors (Lipinski definition) is 1. The van der Waals surface area contributed by atoms with Crippen LogP contribution in [0.5, 0.6) is 0 Å². The number of nitrogens with one attached hydrogen (secondary N) is 1. The molecule has 1 aromatic rings. The Morgan fingerprint density at radius 2 is 2.20 bits per heavy atom. The van der Waals surface area contributed by atoms with Crippen molar-refractivity contribution in [2.75, 3.05) is 12.4 Å². The lowest BCUT2D eigenvalue weighted by atomic mass is 10.3.